The number of carbonyl (C=O) groups is 1. The van der Waals surface area contributed by atoms with E-state index in [4.69, 9.17) is 16.3 Å². The van der Waals surface area contributed by atoms with Crippen LogP contribution in [0, 0.1) is 11.8 Å². The lowest BCUT2D eigenvalue weighted by molar-refractivity contribution is -0.144. The quantitative estimate of drug-likeness (QED) is 0.270. The van der Waals surface area contributed by atoms with Crippen LogP contribution in [0.5, 0.6) is 5.75 Å². The number of aryl methyl sites for hydroxylation is 1. The van der Waals surface area contributed by atoms with Crippen molar-refractivity contribution in [2.45, 2.75) is 88.5 Å². The van der Waals surface area contributed by atoms with Crippen LogP contribution in [-0.4, -0.2) is 33.2 Å². The van der Waals surface area contributed by atoms with E-state index < -0.39 is 11.5 Å². The Morgan fingerprint density at radius 3 is 2.71 bits per heavy atom. The van der Waals surface area contributed by atoms with E-state index >= 15 is 0 Å². The number of ether oxygens (including phenoxy) is 1. The van der Waals surface area contributed by atoms with Crippen LogP contribution in [0.1, 0.15) is 87.1 Å². The number of aliphatic carboxylic acids is 1. The van der Waals surface area contributed by atoms with Crippen LogP contribution >= 0.6 is 11.6 Å². The largest absolute Gasteiger partial charge is 0.493 e. The van der Waals surface area contributed by atoms with Gasteiger partial charge in [-0.3, -0.25) is 4.98 Å². The molecule has 3 atom stereocenters. The summed E-state index contributed by atoms with van der Waals surface area (Å²) in [5, 5.41) is 14.1. The molecule has 1 spiro atoms. The van der Waals surface area contributed by atoms with Crippen molar-refractivity contribution >= 4 is 23.3 Å². The fourth-order valence-corrected chi connectivity index (χ4v) is 8.15. The summed E-state index contributed by atoms with van der Waals surface area (Å²) >= 11 is 6.10. The maximum atomic E-state index is 12.7. The zero-order valence-electron chi connectivity index (χ0n) is 24.0. The maximum Gasteiger partial charge on any atom is 0.329 e. The molecule has 0 aliphatic heterocycles. The number of benzene rings is 1. The van der Waals surface area contributed by atoms with E-state index in [1.54, 1.807) is 18.3 Å². The monoisotopic (exact) mass is 573 g/mol. The summed E-state index contributed by atoms with van der Waals surface area (Å²) in [7, 11) is 0. The molecular weight excluding hydrogens is 534 g/mol. The first-order chi connectivity index (χ1) is 19.8. The van der Waals surface area contributed by atoms with Gasteiger partial charge in [0.15, 0.2) is 0 Å². The van der Waals surface area contributed by atoms with Gasteiger partial charge in [0.2, 0.25) is 0 Å². The van der Waals surface area contributed by atoms with Gasteiger partial charge in [-0.05, 0) is 110 Å². The average Bonchev–Trinajstić information content (AvgIpc) is 3.25. The molecule has 3 aromatic rings. The predicted octanol–water partition coefficient (Wildman–Crippen LogP) is 7.59. The summed E-state index contributed by atoms with van der Waals surface area (Å²) in [6.45, 7) is 5.26. The van der Waals surface area contributed by atoms with E-state index in [0.29, 0.717) is 48.0 Å². The van der Waals surface area contributed by atoms with Crippen LogP contribution in [0.25, 0.3) is 0 Å². The molecule has 3 aliphatic carbocycles. The Bertz CT molecular complexity index is 1420. The lowest BCUT2D eigenvalue weighted by atomic mass is 9.59. The van der Waals surface area contributed by atoms with Crippen LogP contribution in [0.4, 0.5) is 5.69 Å². The molecule has 2 N–H and O–H groups in total. The highest BCUT2D eigenvalue weighted by atomic mass is 35.5. The number of aromatic nitrogens is 2. The van der Waals surface area contributed by atoms with Crippen molar-refractivity contribution in [2.24, 2.45) is 11.8 Å². The van der Waals surface area contributed by atoms with Gasteiger partial charge < -0.3 is 15.2 Å². The molecule has 0 unspecified atom stereocenters. The Hall–Kier alpha value is -3.12. The number of hydrogen-bond acceptors (Lipinski definition) is 5. The minimum absolute atomic E-state index is 0.0221. The van der Waals surface area contributed by atoms with E-state index in [-0.39, 0.29) is 5.41 Å². The van der Waals surface area contributed by atoms with Crippen molar-refractivity contribution < 1.29 is 14.6 Å². The standard InChI is InChI=1S/C34H40ClN3O3/c1-22(21-41-29-11-17-36-28-9-5-6-23(2)31(28)29)18-25-19-24-7-3-4-8-27(24)33(25)12-14-34(15-13-33,32(39)40)38-26-10-16-37-30(35)20-26/h3-4,7-8,10-11,16-17,20,22-23,25H,5-6,9,12-15,18-19,21H2,1-2H3,(H,37,38)(H,39,40)/t22-,23-,25+,33?,34?/m1/s1. The van der Waals surface area contributed by atoms with Gasteiger partial charge in [-0.1, -0.05) is 49.7 Å². The average molecular weight is 574 g/mol. The van der Waals surface area contributed by atoms with Crippen LogP contribution in [0.15, 0.2) is 54.9 Å². The van der Waals surface area contributed by atoms with E-state index in [1.807, 2.05) is 12.3 Å². The number of carboxylic acids is 1. The molecule has 2 heterocycles. The van der Waals surface area contributed by atoms with Crippen molar-refractivity contribution in [1.29, 1.82) is 0 Å². The van der Waals surface area contributed by atoms with E-state index in [1.165, 1.54) is 35.2 Å². The zero-order chi connectivity index (χ0) is 28.6. The first-order valence-electron chi connectivity index (χ1n) is 15.1. The van der Waals surface area contributed by atoms with Crippen LogP contribution in [0.3, 0.4) is 0 Å². The third-order valence-corrected chi connectivity index (χ3v) is 10.3. The molecule has 1 aromatic carbocycles. The topological polar surface area (TPSA) is 84.3 Å². The van der Waals surface area contributed by atoms with E-state index in [2.05, 4.69) is 53.4 Å². The molecule has 0 bridgehead atoms. The molecule has 3 aliphatic rings. The van der Waals surface area contributed by atoms with Gasteiger partial charge in [0, 0.05) is 29.3 Å². The molecule has 1 saturated carbocycles. The molecule has 6 rings (SSSR count). The van der Waals surface area contributed by atoms with Gasteiger partial charge in [0.05, 0.1) is 6.61 Å². The maximum absolute atomic E-state index is 12.7. The Morgan fingerprint density at radius 1 is 1.15 bits per heavy atom. The molecule has 0 saturated heterocycles. The highest BCUT2D eigenvalue weighted by molar-refractivity contribution is 6.29. The fourth-order valence-electron chi connectivity index (χ4n) is 7.98. The Balaban J connectivity index is 1.19. The van der Waals surface area contributed by atoms with E-state index in [0.717, 1.165) is 37.9 Å². The van der Waals surface area contributed by atoms with Crippen molar-refractivity contribution in [1.82, 2.24) is 9.97 Å². The van der Waals surface area contributed by atoms with Crippen molar-refractivity contribution in [3.05, 3.63) is 82.4 Å². The summed E-state index contributed by atoms with van der Waals surface area (Å²) in [5.41, 5.74) is 4.99. The van der Waals surface area contributed by atoms with Crippen LogP contribution in [0.2, 0.25) is 5.15 Å². The van der Waals surface area contributed by atoms with Crippen LogP contribution in [-0.2, 0) is 23.1 Å². The Labute approximate surface area is 247 Å². The normalized spacial score (nSPS) is 27.6. The second kappa shape index (κ2) is 11.3. The third-order valence-electron chi connectivity index (χ3n) is 10.1. The van der Waals surface area contributed by atoms with Gasteiger partial charge in [-0.25, -0.2) is 9.78 Å². The third kappa shape index (κ3) is 5.31. The first-order valence-corrected chi connectivity index (χ1v) is 15.5. The summed E-state index contributed by atoms with van der Waals surface area (Å²) in [4.78, 5) is 21.4. The second-order valence-electron chi connectivity index (χ2n) is 12.7. The molecular formula is C34H40ClN3O3. The number of rotatable bonds is 8. The number of halogens is 1. The number of anilines is 1. The fraction of sp³-hybridized carbons (Fsp3) is 0.500. The Kier molecular flexibility index (Phi) is 7.71. The number of hydrogen-bond donors (Lipinski definition) is 2. The van der Waals surface area contributed by atoms with Crippen LogP contribution < -0.4 is 10.1 Å². The highest BCUT2D eigenvalue weighted by Crippen LogP contribution is 2.56. The lowest BCUT2D eigenvalue weighted by Gasteiger charge is -2.47. The number of nitrogens with zero attached hydrogens (tertiary/aromatic N) is 2. The lowest BCUT2D eigenvalue weighted by Crippen LogP contribution is -2.53. The zero-order valence-corrected chi connectivity index (χ0v) is 24.8. The summed E-state index contributed by atoms with van der Waals surface area (Å²) in [5.74, 6) is 1.51. The molecule has 0 amide bonds. The number of carboxylic acid groups (broad SMARTS) is 1. The minimum Gasteiger partial charge on any atom is -0.493 e. The van der Waals surface area contributed by atoms with Gasteiger partial charge in [-0.2, -0.15) is 0 Å². The SMILES string of the molecule is C[C@@H](COc1ccnc2c1[C@H](C)CCC2)C[C@H]1Cc2ccccc2C12CCC(Nc1ccnc(Cl)c1)(C(=O)O)CC2. The number of pyridine rings is 2. The van der Waals surface area contributed by atoms with Crippen molar-refractivity contribution in [3.63, 3.8) is 0 Å². The number of nitrogens with one attached hydrogen (secondary N) is 1. The second-order valence-corrected chi connectivity index (χ2v) is 13.1. The first kappa shape index (κ1) is 28.0. The van der Waals surface area contributed by atoms with Gasteiger partial charge in [0.25, 0.3) is 0 Å². The predicted molar refractivity (Wildman–Crippen MR) is 162 cm³/mol. The van der Waals surface area contributed by atoms with Gasteiger partial charge in [-0.15, -0.1) is 0 Å². The molecule has 1 fully saturated rings. The Morgan fingerprint density at radius 2 is 1.93 bits per heavy atom. The highest BCUT2D eigenvalue weighted by Gasteiger charge is 2.54. The van der Waals surface area contributed by atoms with Crippen molar-refractivity contribution in [2.75, 3.05) is 11.9 Å². The van der Waals surface area contributed by atoms with Gasteiger partial charge >= 0.3 is 5.97 Å². The van der Waals surface area contributed by atoms with Crippen molar-refractivity contribution in [3.8, 4) is 5.75 Å². The molecule has 6 nitrogen and oxygen atoms in total. The number of fused-ring (bicyclic) bond motifs is 3. The molecule has 2 aromatic heterocycles. The summed E-state index contributed by atoms with van der Waals surface area (Å²) in [6, 6.07) is 14.3. The van der Waals surface area contributed by atoms with E-state index in [9.17, 15) is 9.90 Å². The molecule has 216 valence electrons. The van der Waals surface area contributed by atoms with Gasteiger partial charge in [0.1, 0.15) is 16.4 Å². The minimum atomic E-state index is -1.02. The summed E-state index contributed by atoms with van der Waals surface area (Å²) in [6.07, 6.45) is 11.8. The smallest absolute Gasteiger partial charge is 0.329 e. The molecule has 7 heteroatoms. The summed E-state index contributed by atoms with van der Waals surface area (Å²) < 4.78 is 6.50. The molecule has 41 heavy (non-hydrogen) atoms. The molecule has 0 radical (unpaired) electrons.